The molecule has 0 bridgehead atoms. The Bertz CT molecular complexity index is 587. The molecule has 0 heterocycles. The van der Waals surface area contributed by atoms with E-state index < -0.39 is 7.82 Å². The Balaban J connectivity index is 2.39. The first-order valence-corrected chi connectivity index (χ1v) is 13.1. The summed E-state index contributed by atoms with van der Waals surface area (Å²) in [5.41, 5.74) is 1.88. The molecule has 0 radical (unpaired) electrons. The molecule has 5 heteroatoms. The van der Waals surface area contributed by atoms with Gasteiger partial charge < -0.3 is 4.52 Å². The molecule has 1 rings (SSSR count). The Morgan fingerprint density at radius 2 is 1.28 bits per heavy atom. The van der Waals surface area contributed by atoms with Gasteiger partial charge >= 0.3 is 7.82 Å². The minimum Gasteiger partial charge on any atom is -0.404 e. The second-order valence-corrected chi connectivity index (χ2v) is 10.0. The number of hydrogen-bond acceptors (Lipinski definition) is 3. The third-order valence-electron chi connectivity index (χ3n) is 5.28. The van der Waals surface area contributed by atoms with Crippen LogP contribution in [0, 0.1) is 0 Å². The van der Waals surface area contributed by atoms with E-state index in [1.54, 1.807) is 0 Å². The smallest absolute Gasteiger partial charge is 0.404 e. The Hall–Kier alpha value is -0.830. The lowest BCUT2D eigenvalue weighted by molar-refractivity contribution is 0.198. The Kier molecular flexibility index (Phi) is 12.9. The zero-order valence-electron chi connectivity index (χ0n) is 19.3. The fourth-order valence-corrected chi connectivity index (χ4v) is 4.35. The van der Waals surface area contributed by atoms with Crippen LogP contribution < -0.4 is 4.52 Å². The van der Waals surface area contributed by atoms with Crippen LogP contribution in [0.3, 0.4) is 0 Å². The summed E-state index contributed by atoms with van der Waals surface area (Å²) in [7, 11) is -4.12. The van der Waals surface area contributed by atoms with Gasteiger partial charge in [0.25, 0.3) is 0 Å². The molecule has 0 aliphatic heterocycles. The third-order valence-corrected chi connectivity index (χ3v) is 6.20. The average Bonchev–Trinajstić information content (AvgIpc) is 2.65. The van der Waals surface area contributed by atoms with Gasteiger partial charge in [0.15, 0.2) is 0 Å². The van der Waals surface area contributed by atoms with Crippen molar-refractivity contribution in [3.05, 3.63) is 29.3 Å². The molecular formula is C24H43O4P. The van der Waals surface area contributed by atoms with Gasteiger partial charge in [0.2, 0.25) is 0 Å². The van der Waals surface area contributed by atoms with E-state index in [0.29, 0.717) is 5.75 Å². The summed E-state index contributed by atoms with van der Waals surface area (Å²) in [6, 6.07) is 5.88. The van der Waals surface area contributed by atoms with Crippen molar-refractivity contribution in [1.82, 2.24) is 0 Å². The Morgan fingerprint density at radius 1 is 0.828 bits per heavy atom. The minimum absolute atomic E-state index is 0.200. The summed E-state index contributed by atoms with van der Waals surface area (Å²) in [5.74, 6) is 0.905. The molecule has 0 spiro atoms. The van der Waals surface area contributed by atoms with Crippen LogP contribution in [0.2, 0.25) is 0 Å². The van der Waals surface area contributed by atoms with E-state index in [9.17, 15) is 9.46 Å². The van der Waals surface area contributed by atoms with Crippen molar-refractivity contribution in [3.8, 4) is 5.75 Å². The maximum Gasteiger partial charge on any atom is 0.527 e. The predicted octanol–water partition coefficient (Wildman–Crippen LogP) is 8.35. The molecule has 1 N–H and O–H groups in total. The van der Waals surface area contributed by atoms with Crippen molar-refractivity contribution < 1.29 is 18.5 Å². The zero-order valence-corrected chi connectivity index (χ0v) is 20.2. The normalized spacial score (nSPS) is 13.8. The van der Waals surface area contributed by atoms with Crippen molar-refractivity contribution in [1.29, 1.82) is 0 Å². The molecule has 0 saturated heterocycles. The standard InChI is InChI=1S/C24H43O4P/c1-6-7-8-9-10-11-12-13-14-15-19-27-29(25,26)28-24-22(20(2)3)17-16-18-23(24)21(4)5/h16-18,20-21H,6-15,19H2,1-5H3,(H,25,26). The lowest BCUT2D eigenvalue weighted by Gasteiger charge is -2.21. The quantitative estimate of drug-likeness (QED) is 0.213. The molecule has 29 heavy (non-hydrogen) atoms. The molecule has 1 unspecified atom stereocenters. The number of benzene rings is 1. The maximum atomic E-state index is 12.5. The van der Waals surface area contributed by atoms with Crippen LogP contribution >= 0.6 is 7.82 Å². The SMILES string of the molecule is CCCCCCCCCCCCOP(=O)(O)Oc1c(C(C)C)cccc1C(C)C. The number of para-hydroxylation sites is 1. The summed E-state index contributed by atoms with van der Waals surface area (Å²) in [4.78, 5) is 10.2. The van der Waals surface area contributed by atoms with Crippen LogP contribution in [0.15, 0.2) is 18.2 Å². The average molecular weight is 427 g/mol. The van der Waals surface area contributed by atoms with E-state index in [2.05, 4.69) is 34.6 Å². The first kappa shape index (κ1) is 26.2. The number of hydrogen-bond donors (Lipinski definition) is 1. The fourth-order valence-electron chi connectivity index (χ4n) is 3.50. The van der Waals surface area contributed by atoms with Crippen LogP contribution in [0.5, 0.6) is 5.75 Å². The van der Waals surface area contributed by atoms with E-state index in [1.807, 2.05) is 18.2 Å². The van der Waals surface area contributed by atoms with E-state index in [1.165, 1.54) is 44.9 Å². The largest absolute Gasteiger partial charge is 0.527 e. The molecule has 0 aliphatic rings. The highest BCUT2D eigenvalue weighted by atomic mass is 31.2. The van der Waals surface area contributed by atoms with E-state index in [0.717, 1.165) is 30.4 Å². The lowest BCUT2D eigenvalue weighted by Crippen LogP contribution is -2.05. The van der Waals surface area contributed by atoms with Gasteiger partial charge in [-0.05, 0) is 29.4 Å². The Morgan fingerprint density at radius 3 is 1.72 bits per heavy atom. The van der Waals surface area contributed by atoms with Gasteiger partial charge in [-0.2, -0.15) is 0 Å². The monoisotopic (exact) mass is 426 g/mol. The zero-order chi connectivity index (χ0) is 21.7. The van der Waals surface area contributed by atoms with E-state index in [-0.39, 0.29) is 18.4 Å². The highest BCUT2D eigenvalue weighted by Gasteiger charge is 2.27. The van der Waals surface area contributed by atoms with Crippen LogP contribution in [-0.2, 0) is 9.09 Å². The minimum atomic E-state index is -4.12. The van der Waals surface area contributed by atoms with Gasteiger partial charge in [-0.1, -0.05) is 111 Å². The van der Waals surface area contributed by atoms with Crippen LogP contribution in [0.4, 0.5) is 0 Å². The van der Waals surface area contributed by atoms with Gasteiger partial charge in [-0.3, -0.25) is 9.42 Å². The van der Waals surface area contributed by atoms with Gasteiger partial charge in [-0.15, -0.1) is 0 Å². The van der Waals surface area contributed by atoms with E-state index >= 15 is 0 Å². The maximum absolute atomic E-state index is 12.5. The van der Waals surface area contributed by atoms with Crippen molar-refractivity contribution in [2.24, 2.45) is 0 Å². The molecule has 1 atom stereocenters. The predicted molar refractivity (Wildman–Crippen MR) is 123 cm³/mol. The molecule has 4 nitrogen and oxygen atoms in total. The second-order valence-electron chi connectivity index (χ2n) is 8.65. The Labute approximate surface area is 179 Å². The first-order valence-electron chi connectivity index (χ1n) is 11.6. The third kappa shape index (κ3) is 10.7. The van der Waals surface area contributed by atoms with Gasteiger partial charge in [0.1, 0.15) is 5.75 Å². The van der Waals surface area contributed by atoms with Crippen molar-refractivity contribution in [2.45, 2.75) is 111 Å². The summed E-state index contributed by atoms with van der Waals surface area (Å²) in [6.07, 6.45) is 12.1. The highest BCUT2D eigenvalue weighted by molar-refractivity contribution is 7.47. The summed E-state index contributed by atoms with van der Waals surface area (Å²) in [6.45, 7) is 10.7. The number of phosphoric ester groups is 1. The highest BCUT2D eigenvalue weighted by Crippen LogP contribution is 2.48. The molecule has 0 amide bonds. The van der Waals surface area contributed by atoms with Gasteiger partial charge in [0.05, 0.1) is 6.61 Å². The first-order chi connectivity index (χ1) is 13.8. The number of unbranched alkanes of at least 4 members (excludes halogenated alkanes) is 9. The molecule has 168 valence electrons. The van der Waals surface area contributed by atoms with Gasteiger partial charge in [0, 0.05) is 0 Å². The van der Waals surface area contributed by atoms with Crippen LogP contribution in [0.1, 0.15) is 122 Å². The molecule has 0 fully saturated rings. The summed E-state index contributed by atoms with van der Waals surface area (Å²) >= 11 is 0. The summed E-state index contributed by atoms with van der Waals surface area (Å²) in [5, 5.41) is 0. The molecule has 1 aromatic rings. The van der Waals surface area contributed by atoms with Crippen LogP contribution in [-0.4, -0.2) is 11.5 Å². The molecule has 0 aromatic heterocycles. The molecule has 1 aromatic carbocycles. The van der Waals surface area contributed by atoms with Crippen molar-refractivity contribution in [2.75, 3.05) is 6.61 Å². The molecule has 0 aliphatic carbocycles. The fraction of sp³-hybridized carbons (Fsp3) is 0.750. The molecule has 0 saturated carbocycles. The topological polar surface area (TPSA) is 55.8 Å². The number of phosphoric acid groups is 1. The van der Waals surface area contributed by atoms with Crippen LogP contribution in [0.25, 0.3) is 0 Å². The molecular weight excluding hydrogens is 383 g/mol. The number of rotatable bonds is 16. The van der Waals surface area contributed by atoms with Crippen molar-refractivity contribution in [3.63, 3.8) is 0 Å². The van der Waals surface area contributed by atoms with Crippen molar-refractivity contribution >= 4 is 7.82 Å². The van der Waals surface area contributed by atoms with Gasteiger partial charge in [-0.25, -0.2) is 4.57 Å². The summed E-state index contributed by atoms with van der Waals surface area (Å²) < 4.78 is 23.3. The lowest BCUT2D eigenvalue weighted by atomic mass is 9.94. The van der Waals surface area contributed by atoms with E-state index in [4.69, 9.17) is 9.05 Å². The second kappa shape index (κ2) is 14.2.